The summed E-state index contributed by atoms with van der Waals surface area (Å²) in [7, 11) is 0. The fraction of sp³-hybridized carbons (Fsp3) is 0.765. The molecule has 0 aromatic carbocycles. The Labute approximate surface area is 165 Å². The molecule has 0 saturated heterocycles. The van der Waals surface area contributed by atoms with Crippen molar-refractivity contribution in [1.29, 1.82) is 0 Å². The molecule has 0 aliphatic heterocycles. The first-order valence-electron chi connectivity index (χ1n) is 9.35. The van der Waals surface area contributed by atoms with Crippen LogP contribution in [0, 0.1) is 11.8 Å². The third kappa shape index (κ3) is 10.1. The van der Waals surface area contributed by atoms with Crippen LogP contribution < -0.4 is 33.3 Å². The van der Waals surface area contributed by atoms with E-state index in [1.54, 1.807) is 13.8 Å². The predicted octanol–water partition coefficient (Wildman–Crippen LogP) is -1.46. The molecule has 0 aromatic heterocycles. The topological polar surface area (TPSA) is 198 Å². The molecule has 0 unspecified atom stereocenters. The standard InChI is InChI=1S/C17H35N7O4/c1-9(2)8-12(23-16(27)13(18)10(3)4)14(25)22-11(15(26)24-28)6-5-7-21-17(19)20/h9-13,28H,5-8,18H2,1-4H3,(H,22,25)(H,23,27)(H,24,26)(H4,19,20,21)/t11-,12-,13+/m0/s1. The molecular formula is C17H35N7O4. The van der Waals surface area contributed by atoms with E-state index in [-0.39, 0.29) is 30.8 Å². The van der Waals surface area contributed by atoms with Gasteiger partial charge in [0, 0.05) is 6.54 Å². The van der Waals surface area contributed by atoms with Gasteiger partial charge in [0.1, 0.15) is 12.1 Å². The molecule has 3 amide bonds. The molecule has 0 aromatic rings. The first kappa shape index (κ1) is 25.6. The zero-order valence-corrected chi connectivity index (χ0v) is 17.1. The van der Waals surface area contributed by atoms with Crippen LogP contribution in [0.2, 0.25) is 0 Å². The van der Waals surface area contributed by atoms with Gasteiger partial charge in [0.2, 0.25) is 11.8 Å². The molecule has 11 nitrogen and oxygen atoms in total. The molecule has 0 bridgehead atoms. The lowest BCUT2D eigenvalue weighted by molar-refractivity contribution is -0.136. The Morgan fingerprint density at radius 3 is 2.00 bits per heavy atom. The minimum absolute atomic E-state index is 0.0756. The summed E-state index contributed by atoms with van der Waals surface area (Å²) in [4.78, 5) is 40.6. The van der Waals surface area contributed by atoms with Crippen LogP contribution in [0.3, 0.4) is 0 Å². The minimum atomic E-state index is -1.00. The zero-order valence-electron chi connectivity index (χ0n) is 17.1. The summed E-state index contributed by atoms with van der Waals surface area (Å²) < 4.78 is 0. The van der Waals surface area contributed by atoms with Crippen LogP contribution in [0.5, 0.6) is 0 Å². The average molecular weight is 402 g/mol. The Bertz CT molecular complexity index is 548. The lowest BCUT2D eigenvalue weighted by Gasteiger charge is -2.25. The van der Waals surface area contributed by atoms with Gasteiger partial charge in [-0.2, -0.15) is 0 Å². The Morgan fingerprint density at radius 1 is 0.964 bits per heavy atom. The molecular weight excluding hydrogens is 366 g/mol. The van der Waals surface area contributed by atoms with Gasteiger partial charge in [0.05, 0.1) is 6.04 Å². The Hall–Kier alpha value is -2.40. The van der Waals surface area contributed by atoms with E-state index >= 15 is 0 Å². The van der Waals surface area contributed by atoms with E-state index < -0.39 is 35.8 Å². The number of carbonyl (C=O) groups is 3. The van der Waals surface area contributed by atoms with Gasteiger partial charge in [-0.25, -0.2) is 5.48 Å². The lowest BCUT2D eigenvalue weighted by Crippen LogP contribution is -2.56. The van der Waals surface area contributed by atoms with Gasteiger partial charge < -0.3 is 27.8 Å². The van der Waals surface area contributed by atoms with Crippen molar-refractivity contribution in [2.75, 3.05) is 6.54 Å². The van der Waals surface area contributed by atoms with Gasteiger partial charge in [-0.15, -0.1) is 0 Å². The molecule has 0 spiro atoms. The summed E-state index contributed by atoms with van der Waals surface area (Å²) in [5.41, 5.74) is 17.9. The second-order valence-corrected chi connectivity index (χ2v) is 7.45. The molecule has 0 radical (unpaired) electrons. The summed E-state index contributed by atoms with van der Waals surface area (Å²) in [5, 5.41) is 14.1. The molecule has 0 aliphatic carbocycles. The van der Waals surface area contributed by atoms with Crippen LogP contribution in [0.1, 0.15) is 47.0 Å². The molecule has 28 heavy (non-hydrogen) atoms. The fourth-order valence-corrected chi connectivity index (χ4v) is 2.40. The minimum Gasteiger partial charge on any atom is -0.370 e. The van der Waals surface area contributed by atoms with Crippen molar-refractivity contribution in [1.82, 2.24) is 16.1 Å². The molecule has 0 rings (SSSR count). The Kier molecular flexibility index (Phi) is 11.8. The zero-order chi connectivity index (χ0) is 21.9. The third-order valence-corrected chi connectivity index (χ3v) is 4.05. The fourth-order valence-electron chi connectivity index (χ4n) is 2.40. The maximum atomic E-state index is 12.7. The van der Waals surface area contributed by atoms with Crippen LogP contribution in [-0.2, 0) is 14.4 Å². The van der Waals surface area contributed by atoms with E-state index in [1.165, 1.54) is 5.48 Å². The van der Waals surface area contributed by atoms with E-state index in [4.69, 9.17) is 22.4 Å². The van der Waals surface area contributed by atoms with E-state index in [1.807, 2.05) is 13.8 Å². The number of hydroxylamine groups is 1. The SMILES string of the molecule is CC(C)C[C@H](NC(=O)[C@H](N)C(C)C)C(=O)N[C@@H](CCCN=C(N)N)C(=O)NO. The van der Waals surface area contributed by atoms with Gasteiger partial charge in [-0.3, -0.25) is 24.6 Å². The smallest absolute Gasteiger partial charge is 0.265 e. The van der Waals surface area contributed by atoms with E-state index in [9.17, 15) is 14.4 Å². The number of carbonyl (C=O) groups excluding carboxylic acids is 3. The maximum absolute atomic E-state index is 12.7. The van der Waals surface area contributed by atoms with Gasteiger partial charge >= 0.3 is 0 Å². The molecule has 0 heterocycles. The number of aliphatic imine (C=N–C) groups is 1. The van der Waals surface area contributed by atoms with Crippen molar-refractivity contribution in [2.45, 2.75) is 65.1 Å². The summed E-state index contributed by atoms with van der Waals surface area (Å²) in [5.74, 6) is -1.80. The number of nitrogens with zero attached hydrogens (tertiary/aromatic N) is 1. The maximum Gasteiger partial charge on any atom is 0.265 e. The quantitative estimate of drug-likeness (QED) is 0.0681. The first-order valence-corrected chi connectivity index (χ1v) is 9.35. The van der Waals surface area contributed by atoms with Crippen molar-refractivity contribution in [3.63, 3.8) is 0 Å². The molecule has 3 atom stereocenters. The number of hydrogen-bond acceptors (Lipinski definition) is 6. The largest absolute Gasteiger partial charge is 0.370 e. The van der Waals surface area contributed by atoms with Crippen LogP contribution >= 0.6 is 0 Å². The van der Waals surface area contributed by atoms with Gasteiger partial charge in [0.25, 0.3) is 5.91 Å². The Morgan fingerprint density at radius 2 is 1.54 bits per heavy atom. The van der Waals surface area contributed by atoms with Crippen molar-refractivity contribution in [3.05, 3.63) is 0 Å². The molecule has 0 saturated carbocycles. The highest BCUT2D eigenvalue weighted by Crippen LogP contribution is 2.08. The predicted molar refractivity (Wildman–Crippen MR) is 106 cm³/mol. The number of guanidine groups is 1. The van der Waals surface area contributed by atoms with Crippen molar-refractivity contribution in [3.8, 4) is 0 Å². The first-order chi connectivity index (χ1) is 13.0. The average Bonchev–Trinajstić information content (AvgIpc) is 2.61. The molecule has 11 heteroatoms. The van der Waals surface area contributed by atoms with Crippen molar-refractivity contribution in [2.24, 2.45) is 34.0 Å². The number of rotatable bonds is 12. The summed E-state index contributed by atoms with van der Waals surface area (Å²) in [6.07, 6.45) is 0.961. The second-order valence-electron chi connectivity index (χ2n) is 7.45. The van der Waals surface area contributed by atoms with E-state index in [0.717, 1.165) is 0 Å². The van der Waals surface area contributed by atoms with Crippen molar-refractivity contribution < 1.29 is 19.6 Å². The normalized spacial score (nSPS) is 14.1. The Balaban J connectivity index is 5.11. The van der Waals surface area contributed by atoms with Crippen molar-refractivity contribution >= 4 is 23.7 Å². The second kappa shape index (κ2) is 12.9. The van der Waals surface area contributed by atoms with Gasteiger partial charge in [-0.05, 0) is 31.1 Å². The van der Waals surface area contributed by atoms with E-state index in [2.05, 4.69) is 15.6 Å². The highest BCUT2D eigenvalue weighted by molar-refractivity contribution is 5.92. The van der Waals surface area contributed by atoms with Gasteiger partial charge in [0.15, 0.2) is 5.96 Å². The third-order valence-electron chi connectivity index (χ3n) is 4.05. The summed E-state index contributed by atoms with van der Waals surface area (Å²) in [6, 6.07) is -2.61. The molecule has 162 valence electrons. The highest BCUT2D eigenvalue weighted by Gasteiger charge is 2.29. The van der Waals surface area contributed by atoms with E-state index in [0.29, 0.717) is 12.8 Å². The molecule has 10 N–H and O–H groups in total. The monoisotopic (exact) mass is 401 g/mol. The highest BCUT2D eigenvalue weighted by atomic mass is 16.5. The number of amides is 3. The van der Waals surface area contributed by atoms with Crippen LogP contribution in [0.4, 0.5) is 0 Å². The number of hydrogen-bond donors (Lipinski definition) is 7. The van der Waals surface area contributed by atoms with Crippen LogP contribution in [-0.4, -0.2) is 53.6 Å². The summed E-state index contributed by atoms with van der Waals surface area (Å²) in [6.45, 7) is 7.69. The summed E-state index contributed by atoms with van der Waals surface area (Å²) >= 11 is 0. The molecule has 0 aliphatic rings. The molecule has 0 fully saturated rings. The van der Waals surface area contributed by atoms with Gasteiger partial charge in [-0.1, -0.05) is 27.7 Å². The van der Waals surface area contributed by atoms with Crippen LogP contribution in [0.15, 0.2) is 4.99 Å². The number of nitrogens with one attached hydrogen (secondary N) is 3. The number of nitrogens with two attached hydrogens (primary N) is 3. The lowest BCUT2D eigenvalue weighted by atomic mass is 10.00. The van der Waals surface area contributed by atoms with Crippen LogP contribution in [0.25, 0.3) is 0 Å².